The zero-order valence-electron chi connectivity index (χ0n) is 7.75. The summed E-state index contributed by atoms with van der Waals surface area (Å²) < 4.78 is 3.43. The molecule has 0 spiro atoms. The lowest BCUT2D eigenvalue weighted by molar-refractivity contribution is 1.36. The molecule has 0 bridgehead atoms. The van der Waals surface area contributed by atoms with Gasteiger partial charge in [-0.2, -0.15) is 0 Å². The quantitative estimate of drug-likeness (QED) is 0.329. The van der Waals surface area contributed by atoms with Crippen LogP contribution in [0.3, 0.4) is 0 Å². The maximum atomic E-state index is 3.64. The number of aryl methyl sites for hydroxylation is 1. The second-order valence-corrected chi connectivity index (χ2v) is 21.6. The molecule has 0 saturated heterocycles. The number of hydrogen-bond acceptors (Lipinski definition) is 1. The highest BCUT2D eigenvalue weighted by Gasteiger charge is 2.08. The van der Waals surface area contributed by atoms with Gasteiger partial charge in [0.05, 0.1) is 5.52 Å². The largest absolute Gasteiger partial charge is 0.286 e. The van der Waals surface area contributed by atoms with E-state index in [0.29, 0.717) is 0 Å². The van der Waals surface area contributed by atoms with Crippen LogP contribution in [-0.4, -0.2) is 3.97 Å². The van der Waals surface area contributed by atoms with Crippen molar-refractivity contribution in [3.05, 3.63) is 34.4 Å². The third-order valence-electron chi connectivity index (χ3n) is 2.11. The fourth-order valence-electron chi connectivity index (χ4n) is 1.40. The van der Waals surface area contributed by atoms with Gasteiger partial charge < -0.3 is 0 Å². The molecule has 0 N–H and O–H groups in total. The van der Waals surface area contributed by atoms with Crippen LogP contribution in [0.2, 0.25) is 0 Å². The summed E-state index contributed by atoms with van der Waals surface area (Å²) in [5.74, 6) is 0. The first kappa shape index (κ1) is 12.9. The number of benzene rings is 1. The van der Waals surface area contributed by atoms with Crippen molar-refractivity contribution in [2.45, 2.75) is 6.92 Å². The van der Waals surface area contributed by atoms with Crippen LogP contribution in [0, 0.1) is 6.92 Å². The van der Waals surface area contributed by atoms with Crippen LogP contribution in [0.5, 0.6) is 0 Å². The van der Waals surface area contributed by atoms with Crippen LogP contribution in [0.15, 0.2) is 28.9 Å². The first-order valence-corrected chi connectivity index (χ1v) is 13.2. The minimum atomic E-state index is -0.0372. The second kappa shape index (κ2) is 5.42. The summed E-state index contributed by atoms with van der Waals surface area (Å²) in [6.07, 6.45) is 2.15. The van der Waals surface area contributed by atoms with Gasteiger partial charge in [-0.3, -0.25) is 3.97 Å². The van der Waals surface area contributed by atoms with Crippen molar-refractivity contribution in [1.29, 1.82) is 0 Å². The molecule has 2 rings (SSSR count). The van der Waals surface area contributed by atoms with E-state index in [0.717, 1.165) is 0 Å². The molecule has 0 aliphatic carbocycles. The first-order chi connectivity index (χ1) is 7.09. The van der Waals surface area contributed by atoms with Crippen molar-refractivity contribution < 1.29 is 0 Å². The van der Waals surface area contributed by atoms with Gasteiger partial charge in [-0.15, -0.1) is 0 Å². The molecule has 0 saturated carbocycles. The zero-order valence-corrected chi connectivity index (χ0v) is 15.4. The predicted molar refractivity (Wildman–Crippen MR) is 92.3 cm³/mol. The molecule has 1 heterocycles. The normalized spacial score (nSPS) is 11.5. The number of fused-ring (bicyclic) bond motifs is 1. The van der Waals surface area contributed by atoms with Crippen LogP contribution in [-0.2, 0) is 0 Å². The fraction of sp³-hybridized carbons (Fsp3) is 0.111. The van der Waals surface area contributed by atoms with E-state index < -0.39 is 0 Å². The van der Waals surface area contributed by atoms with E-state index in [1.54, 1.807) is 0 Å². The molecule has 0 amide bonds. The Morgan fingerprint density at radius 3 is 2.73 bits per heavy atom. The summed E-state index contributed by atoms with van der Waals surface area (Å²) >= 11 is 10.5. The Labute approximate surface area is 128 Å². The van der Waals surface area contributed by atoms with Gasteiger partial charge in [-0.25, -0.2) is 0 Å². The van der Waals surface area contributed by atoms with E-state index in [4.69, 9.17) is 0 Å². The molecular formula is C9H7BrI2NPS. The molecule has 15 heavy (non-hydrogen) atoms. The predicted octanol–water partition coefficient (Wildman–Crippen LogP) is 6.31. The third kappa shape index (κ3) is 2.84. The Kier molecular flexibility index (Phi) is 4.67. The molecule has 80 valence electrons. The lowest BCUT2D eigenvalue weighted by Crippen LogP contribution is -1.81. The van der Waals surface area contributed by atoms with Crippen LogP contribution in [0.25, 0.3) is 10.9 Å². The second-order valence-electron chi connectivity index (χ2n) is 3.05. The van der Waals surface area contributed by atoms with Crippen LogP contribution in [0.1, 0.15) is 5.56 Å². The van der Waals surface area contributed by atoms with Crippen LogP contribution < -0.4 is 0 Å². The van der Waals surface area contributed by atoms with Crippen LogP contribution in [0.4, 0.5) is 0 Å². The number of rotatable bonds is 2. The average molecular weight is 526 g/mol. The van der Waals surface area contributed by atoms with E-state index in [1.807, 2.05) is 11.6 Å². The minimum Gasteiger partial charge on any atom is -0.286 e. The Balaban J connectivity index is 2.57. The Morgan fingerprint density at radius 2 is 2.07 bits per heavy atom. The Hall–Kier alpha value is 1.48. The summed E-state index contributed by atoms with van der Waals surface area (Å²) in [6.45, 7) is 2.12. The molecule has 0 unspecified atom stereocenters. The summed E-state index contributed by atoms with van der Waals surface area (Å²) in [5.41, 5.74) is 2.58. The first-order valence-electron chi connectivity index (χ1n) is 4.16. The van der Waals surface area contributed by atoms with E-state index in [-0.39, 0.29) is 2.41 Å². The molecule has 1 nitrogen and oxygen atoms in total. The van der Waals surface area contributed by atoms with Gasteiger partial charge in [0.1, 0.15) is 2.41 Å². The molecule has 0 fully saturated rings. The third-order valence-corrected chi connectivity index (χ3v) is 7.85. The molecular weight excluding hydrogens is 519 g/mol. The number of nitrogens with zero attached hydrogens (tertiary/aromatic N) is 1. The van der Waals surface area contributed by atoms with Gasteiger partial charge in [0.25, 0.3) is 0 Å². The van der Waals surface area contributed by atoms with Gasteiger partial charge in [-0.05, 0) is 84.6 Å². The van der Waals surface area contributed by atoms with Gasteiger partial charge >= 0.3 is 0 Å². The van der Waals surface area contributed by atoms with Crippen LogP contribution >= 0.6 is 74.0 Å². The number of hydrogen-bond donors (Lipinski definition) is 0. The SMILES string of the molecule is Cc1ccc2c(ccn2SP(I)I)c1Br. The van der Waals surface area contributed by atoms with E-state index in [2.05, 4.69) is 95.3 Å². The Morgan fingerprint density at radius 1 is 1.33 bits per heavy atom. The summed E-state index contributed by atoms with van der Waals surface area (Å²) in [7, 11) is 0. The van der Waals surface area contributed by atoms with Crippen molar-refractivity contribution in [2.24, 2.45) is 0 Å². The highest BCUT2D eigenvalue weighted by atomic mass is 127. The smallest absolute Gasteiger partial charge is 0.106 e. The molecule has 6 heteroatoms. The molecule has 0 atom stereocenters. The molecule has 1 aromatic carbocycles. The maximum absolute atomic E-state index is 3.64. The van der Waals surface area contributed by atoms with Gasteiger partial charge in [0.2, 0.25) is 0 Å². The monoisotopic (exact) mass is 525 g/mol. The lowest BCUT2D eigenvalue weighted by Gasteiger charge is -2.05. The number of aromatic nitrogens is 1. The minimum absolute atomic E-state index is 0.0372. The van der Waals surface area contributed by atoms with E-state index >= 15 is 0 Å². The number of halogens is 3. The molecule has 2 aromatic rings. The van der Waals surface area contributed by atoms with E-state index in [1.165, 1.54) is 20.9 Å². The van der Waals surface area contributed by atoms with Gasteiger partial charge in [0.15, 0.2) is 0 Å². The van der Waals surface area contributed by atoms with Crippen molar-refractivity contribution in [3.63, 3.8) is 0 Å². The van der Waals surface area contributed by atoms with Crippen molar-refractivity contribution in [3.8, 4) is 0 Å². The van der Waals surface area contributed by atoms with Gasteiger partial charge in [0, 0.05) is 27.6 Å². The highest BCUT2D eigenvalue weighted by Crippen LogP contribution is 2.65. The fourth-order valence-corrected chi connectivity index (χ4v) is 6.61. The average Bonchev–Trinajstić information content (AvgIpc) is 2.55. The standard InChI is InChI=1S/C9H7BrI2NPS/c1-6-2-3-8-7(9(6)10)4-5-13(8)15-14(11)12/h2-5H,1H3. The van der Waals surface area contributed by atoms with E-state index in [9.17, 15) is 0 Å². The molecule has 0 aliphatic rings. The Bertz CT molecular complexity index is 500. The lowest BCUT2D eigenvalue weighted by atomic mass is 10.2. The van der Waals surface area contributed by atoms with Gasteiger partial charge in [-0.1, -0.05) is 6.07 Å². The maximum Gasteiger partial charge on any atom is 0.106 e. The molecule has 0 aliphatic heterocycles. The summed E-state index contributed by atoms with van der Waals surface area (Å²) in [4.78, 5) is 0. The molecule has 1 aromatic heterocycles. The zero-order chi connectivity index (χ0) is 11.0. The summed E-state index contributed by atoms with van der Waals surface area (Å²) in [5, 5.41) is 1.30. The molecule has 0 radical (unpaired) electrons. The summed E-state index contributed by atoms with van der Waals surface area (Å²) in [6, 6.07) is 6.52. The topological polar surface area (TPSA) is 4.93 Å². The van der Waals surface area contributed by atoms with Crippen molar-refractivity contribution >= 4 is 84.9 Å². The van der Waals surface area contributed by atoms with Crippen molar-refractivity contribution in [2.75, 3.05) is 0 Å². The van der Waals surface area contributed by atoms with Crippen molar-refractivity contribution in [1.82, 2.24) is 3.97 Å². The highest BCUT2D eigenvalue weighted by molar-refractivity contribution is 14.3.